The molecule has 0 heterocycles. The summed E-state index contributed by atoms with van der Waals surface area (Å²) in [5.41, 5.74) is 3.95. The number of nitrogens with zero attached hydrogens (tertiary/aromatic N) is 2. The molecule has 0 spiro atoms. The molecule has 0 N–H and O–H groups in total. The summed E-state index contributed by atoms with van der Waals surface area (Å²) in [6.45, 7) is 5.17. The lowest BCUT2D eigenvalue weighted by molar-refractivity contribution is 0.302. The quantitative estimate of drug-likeness (QED) is 0.300. The zero-order valence-corrected chi connectivity index (χ0v) is 21.1. The number of unbranched alkanes of at least 4 members (excludes halogenated alkanes) is 5. The van der Waals surface area contributed by atoms with Crippen molar-refractivity contribution in [3.63, 3.8) is 0 Å². The zero-order valence-electron chi connectivity index (χ0n) is 21.1. The maximum atomic E-state index is 10.0. The first-order valence-corrected chi connectivity index (χ1v) is 13.4. The third-order valence-electron chi connectivity index (χ3n) is 7.40. The van der Waals surface area contributed by atoms with E-state index < -0.39 is 0 Å². The normalized spacial score (nSPS) is 17.6. The molecule has 0 saturated heterocycles. The van der Waals surface area contributed by atoms with E-state index >= 15 is 0 Å². The van der Waals surface area contributed by atoms with Crippen LogP contribution in [0.15, 0.2) is 36.4 Å². The van der Waals surface area contributed by atoms with Gasteiger partial charge in [-0.2, -0.15) is 10.5 Å². The first-order valence-electron chi connectivity index (χ1n) is 13.4. The minimum absolute atomic E-state index is 0.390. The van der Waals surface area contributed by atoms with Gasteiger partial charge < -0.3 is 4.74 Å². The summed E-state index contributed by atoms with van der Waals surface area (Å²) in [6, 6.07) is 16.8. The minimum atomic E-state index is 0.390. The van der Waals surface area contributed by atoms with Crippen LogP contribution in [-0.4, -0.2) is 6.61 Å². The molecule has 1 aliphatic carbocycles. The van der Waals surface area contributed by atoms with Gasteiger partial charge in [0.25, 0.3) is 0 Å². The first kappa shape index (κ1) is 25.8. The van der Waals surface area contributed by atoms with Gasteiger partial charge in [0.05, 0.1) is 17.7 Å². The predicted molar refractivity (Wildman–Crippen MR) is 140 cm³/mol. The highest BCUT2D eigenvalue weighted by Gasteiger charge is 2.26. The Balaban J connectivity index is 1.70. The van der Waals surface area contributed by atoms with Crippen LogP contribution in [0.1, 0.15) is 114 Å². The van der Waals surface area contributed by atoms with Crippen LogP contribution in [0.3, 0.4) is 0 Å². The second-order valence-corrected chi connectivity index (χ2v) is 9.82. The van der Waals surface area contributed by atoms with Gasteiger partial charge in [0.1, 0.15) is 17.9 Å². The molecule has 0 atom stereocenters. The van der Waals surface area contributed by atoms with Crippen LogP contribution in [0.2, 0.25) is 0 Å². The molecule has 0 aliphatic heterocycles. The fourth-order valence-electron chi connectivity index (χ4n) is 5.33. The van der Waals surface area contributed by atoms with Crippen LogP contribution in [0.25, 0.3) is 11.1 Å². The predicted octanol–water partition coefficient (Wildman–Crippen LogP) is 8.91. The van der Waals surface area contributed by atoms with Crippen molar-refractivity contribution >= 4 is 0 Å². The molecule has 0 bridgehead atoms. The molecule has 34 heavy (non-hydrogen) atoms. The molecule has 3 nitrogen and oxygen atoms in total. The van der Waals surface area contributed by atoms with Crippen LogP contribution in [0.4, 0.5) is 0 Å². The van der Waals surface area contributed by atoms with Gasteiger partial charge in [-0.25, -0.2) is 0 Å². The SMILES string of the molecule is CCCCCCC1CCC(c2ccc(-c3ccc(OCCCCC)cc3)c(C#N)c2C#N)CC1. The second kappa shape index (κ2) is 13.8. The van der Waals surface area contributed by atoms with Gasteiger partial charge >= 0.3 is 0 Å². The van der Waals surface area contributed by atoms with Crippen molar-refractivity contribution in [1.29, 1.82) is 10.5 Å². The van der Waals surface area contributed by atoms with Crippen molar-refractivity contribution in [2.45, 2.75) is 96.8 Å². The van der Waals surface area contributed by atoms with Gasteiger partial charge in [0, 0.05) is 5.56 Å². The Bertz CT molecular complexity index is 972. The molecule has 2 aromatic rings. The lowest BCUT2D eigenvalue weighted by Crippen LogP contribution is -2.15. The van der Waals surface area contributed by atoms with Gasteiger partial charge in [-0.15, -0.1) is 0 Å². The fraction of sp³-hybridized carbons (Fsp3) is 0.548. The topological polar surface area (TPSA) is 56.8 Å². The van der Waals surface area contributed by atoms with Crippen molar-refractivity contribution in [3.8, 4) is 29.0 Å². The molecule has 2 aromatic carbocycles. The lowest BCUT2D eigenvalue weighted by atomic mass is 9.75. The van der Waals surface area contributed by atoms with E-state index in [1.807, 2.05) is 30.3 Å². The Labute approximate surface area is 206 Å². The molecule has 0 aromatic heterocycles. The zero-order chi connectivity index (χ0) is 24.2. The monoisotopic (exact) mass is 456 g/mol. The summed E-state index contributed by atoms with van der Waals surface area (Å²) in [4.78, 5) is 0. The molecule has 0 amide bonds. The number of rotatable bonds is 12. The fourth-order valence-corrected chi connectivity index (χ4v) is 5.33. The summed E-state index contributed by atoms with van der Waals surface area (Å²) >= 11 is 0. The number of benzene rings is 2. The van der Waals surface area contributed by atoms with Crippen LogP contribution < -0.4 is 4.74 Å². The summed E-state index contributed by atoms with van der Waals surface area (Å²) in [5, 5.41) is 20.0. The summed E-state index contributed by atoms with van der Waals surface area (Å²) in [6.07, 6.45) is 14.8. The summed E-state index contributed by atoms with van der Waals surface area (Å²) < 4.78 is 5.83. The van der Waals surface area contributed by atoms with E-state index in [0.29, 0.717) is 17.0 Å². The smallest absolute Gasteiger partial charge is 0.119 e. The van der Waals surface area contributed by atoms with E-state index in [1.54, 1.807) is 0 Å². The van der Waals surface area contributed by atoms with Gasteiger partial charge in [-0.1, -0.05) is 83.1 Å². The van der Waals surface area contributed by atoms with Crippen molar-refractivity contribution in [2.75, 3.05) is 6.61 Å². The maximum absolute atomic E-state index is 10.0. The first-order chi connectivity index (χ1) is 16.7. The molecular formula is C31H40N2O. The lowest BCUT2D eigenvalue weighted by Gasteiger charge is -2.29. The highest BCUT2D eigenvalue weighted by Crippen LogP contribution is 2.41. The molecule has 0 unspecified atom stereocenters. The van der Waals surface area contributed by atoms with E-state index in [2.05, 4.69) is 32.1 Å². The number of hydrogen-bond donors (Lipinski definition) is 0. The van der Waals surface area contributed by atoms with E-state index in [9.17, 15) is 10.5 Å². The Kier molecular flexibility index (Phi) is 10.5. The largest absolute Gasteiger partial charge is 0.494 e. The molecular weight excluding hydrogens is 416 g/mol. The molecule has 180 valence electrons. The Morgan fingerprint density at radius 1 is 0.765 bits per heavy atom. The highest BCUT2D eigenvalue weighted by atomic mass is 16.5. The van der Waals surface area contributed by atoms with Crippen molar-refractivity contribution < 1.29 is 4.74 Å². The molecule has 3 heteroatoms. The summed E-state index contributed by atoms with van der Waals surface area (Å²) in [5.74, 6) is 2.07. The van der Waals surface area contributed by atoms with Gasteiger partial charge in [-0.3, -0.25) is 0 Å². The van der Waals surface area contributed by atoms with Crippen molar-refractivity contribution in [3.05, 3.63) is 53.1 Å². The van der Waals surface area contributed by atoms with Gasteiger partial charge in [0.2, 0.25) is 0 Å². The van der Waals surface area contributed by atoms with Gasteiger partial charge in [0.15, 0.2) is 0 Å². The molecule has 3 rings (SSSR count). The molecule has 1 saturated carbocycles. The molecule has 1 fully saturated rings. The van der Waals surface area contributed by atoms with Crippen molar-refractivity contribution in [1.82, 2.24) is 0 Å². The third kappa shape index (κ3) is 6.87. The highest BCUT2D eigenvalue weighted by molar-refractivity contribution is 5.75. The molecule has 1 aliphatic rings. The van der Waals surface area contributed by atoms with Gasteiger partial charge in [-0.05, 0) is 67.2 Å². The van der Waals surface area contributed by atoms with E-state index in [4.69, 9.17) is 4.74 Å². The Hall–Kier alpha value is -2.78. The average Bonchev–Trinajstić information content (AvgIpc) is 2.89. The Morgan fingerprint density at radius 2 is 1.44 bits per heavy atom. The Morgan fingerprint density at radius 3 is 2.09 bits per heavy atom. The number of hydrogen-bond acceptors (Lipinski definition) is 3. The third-order valence-corrected chi connectivity index (χ3v) is 7.40. The van der Waals surface area contributed by atoms with E-state index in [0.717, 1.165) is 54.2 Å². The second-order valence-electron chi connectivity index (χ2n) is 9.82. The minimum Gasteiger partial charge on any atom is -0.494 e. The van der Waals surface area contributed by atoms with Crippen LogP contribution >= 0.6 is 0 Å². The van der Waals surface area contributed by atoms with Crippen LogP contribution in [-0.2, 0) is 0 Å². The van der Waals surface area contributed by atoms with Crippen LogP contribution in [0.5, 0.6) is 5.75 Å². The van der Waals surface area contributed by atoms with Crippen LogP contribution in [0, 0.1) is 28.6 Å². The molecule has 0 radical (unpaired) electrons. The standard InChI is InChI=1S/C31H40N2O/c1-3-5-7-8-10-24-11-13-25(14-12-24)28-19-20-29(31(23-33)30(28)22-32)26-15-17-27(18-16-26)34-21-9-6-4-2/h15-20,24-25H,3-14,21H2,1-2H3. The average molecular weight is 457 g/mol. The van der Waals surface area contributed by atoms with E-state index in [1.165, 1.54) is 57.8 Å². The maximum Gasteiger partial charge on any atom is 0.119 e. The van der Waals surface area contributed by atoms with Crippen molar-refractivity contribution in [2.24, 2.45) is 5.92 Å². The number of ether oxygens (including phenoxy) is 1. The summed E-state index contributed by atoms with van der Waals surface area (Å²) in [7, 11) is 0. The number of nitriles is 2. The van der Waals surface area contributed by atoms with E-state index in [-0.39, 0.29) is 0 Å².